The third kappa shape index (κ3) is 2.17. The molecule has 0 saturated heterocycles. The Hall–Kier alpha value is -2.59. The zero-order chi connectivity index (χ0) is 15.1. The lowest BCUT2D eigenvalue weighted by Crippen LogP contribution is -2.07. The van der Waals surface area contributed by atoms with Crippen LogP contribution < -0.4 is 0 Å². The van der Waals surface area contributed by atoms with E-state index in [9.17, 15) is 28.6 Å². The second-order valence-electron chi connectivity index (χ2n) is 3.78. The topological polar surface area (TPSA) is 141 Å². The molecule has 0 aliphatic carbocycles. The van der Waals surface area contributed by atoms with Gasteiger partial charge in [0.1, 0.15) is 0 Å². The van der Waals surface area contributed by atoms with Crippen LogP contribution in [0.5, 0.6) is 0 Å². The number of nitro benzene ring substituents is 2. The second-order valence-corrected chi connectivity index (χ2v) is 5.14. The Morgan fingerprint density at radius 3 is 2.15 bits per heavy atom. The molecule has 0 heterocycles. The molecular weight excluding hydrogens is 292 g/mol. The van der Waals surface area contributed by atoms with Crippen molar-refractivity contribution in [2.75, 3.05) is 0 Å². The monoisotopic (exact) mass is 298 g/mol. The molecule has 0 aromatic heterocycles. The molecule has 0 aliphatic rings. The van der Waals surface area contributed by atoms with Gasteiger partial charge >= 0.3 is 21.5 Å². The van der Waals surface area contributed by atoms with Gasteiger partial charge < -0.3 is 0 Å². The minimum Gasteiger partial charge on any atom is -0.282 e. The maximum atomic E-state index is 11.4. The van der Waals surface area contributed by atoms with E-state index in [1.54, 1.807) is 0 Å². The first-order valence-corrected chi connectivity index (χ1v) is 6.49. The predicted octanol–water partition coefficient (Wildman–Crippen LogP) is 1.90. The molecular formula is C10H6N2O7S. The summed E-state index contributed by atoms with van der Waals surface area (Å²) < 4.78 is 31.9. The van der Waals surface area contributed by atoms with E-state index >= 15 is 0 Å². The van der Waals surface area contributed by atoms with E-state index in [1.807, 2.05) is 0 Å². The van der Waals surface area contributed by atoms with Crippen LogP contribution in [0.1, 0.15) is 0 Å². The summed E-state index contributed by atoms with van der Waals surface area (Å²) in [5, 5.41) is 21.8. The molecule has 2 aromatic carbocycles. The fourth-order valence-electron chi connectivity index (χ4n) is 1.87. The Balaban J connectivity index is 3.15. The summed E-state index contributed by atoms with van der Waals surface area (Å²) in [4.78, 5) is 18.5. The predicted molar refractivity (Wildman–Crippen MR) is 67.1 cm³/mol. The number of nitro groups is 2. The molecule has 0 unspecified atom stereocenters. The first-order valence-electron chi connectivity index (χ1n) is 5.05. The van der Waals surface area contributed by atoms with E-state index < -0.39 is 36.2 Å². The standard InChI is InChI=1S/C10H6N2O7S/c13-11(14)8-5-6-3-1-2-4-7(6)10(20(17,18)19)9(8)12(15)16/h1-5H,(H,17,18,19). The summed E-state index contributed by atoms with van der Waals surface area (Å²) in [6.07, 6.45) is 0. The van der Waals surface area contributed by atoms with Crippen LogP contribution in [0.4, 0.5) is 11.4 Å². The Morgan fingerprint density at radius 1 is 1.05 bits per heavy atom. The Kier molecular flexibility index (Phi) is 3.12. The van der Waals surface area contributed by atoms with Crippen LogP contribution in [-0.4, -0.2) is 22.8 Å². The highest BCUT2D eigenvalue weighted by molar-refractivity contribution is 7.86. The first-order chi connectivity index (χ1) is 9.23. The summed E-state index contributed by atoms with van der Waals surface area (Å²) in [6.45, 7) is 0. The van der Waals surface area contributed by atoms with Crippen molar-refractivity contribution in [1.29, 1.82) is 0 Å². The van der Waals surface area contributed by atoms with Gasteiger partial charge in [-0.2, -0.15) is 8.42 Å². The number of hydrogen-bond acceptors (Lipinski definition) is 6. The number of fused-ring (bicyclic) bond motifs is 1. The molecule has 0 fully saturated rings. The van der Waals surface area contributed by atoms with Crippen molar-refractivity contribution in [1.82, 2.24) is 0 Å². The van der Waals surface area contributed by atoms with Crippen molar-refractivity contribution in [3.8, 4) is 0 Å². The molecule has 0 aliphatic heterocycles. The summed E-state index contributed by atoms with van der Waals surface area (Å²) >= 11 is 0. The first kappa shape index (κ1) is 13.8. The van der Waals surface area contributed by atoms with E-state index in [-0.39, 0.29) is 10.8 Å². The molecule has 0 saturated carbocycles. The van der Waals surface area contributed by atoms with E-state index in [4.69, 9.17) is 4.55 Å². The average molecular weight is 298 g/mol. The molecule has 9 nitrogen and oxygen atoms in total. The summed E-state index contributed by atoms with van der Waals surface area (Å²) in [5.41, 5.74) is -2.25. The average Bonchev–Trinajstić information content (AvgIpc) is 2.34. The van der Waals surface area contributed by atoms with Gasteiger partial charge in [-0.1, -0.05) is 24.3 Å². The minimum atomic E-state index is -5.01. The van der Waals surface area contributed by atoms with E-state index in [2.05, 4.69) is 0 Å². The van der Waals surface area contributed by atoms with Gasteiger partial charge in [0.05, 0.1) is 9.85 Å². The van der Waals surface area contributed by atoms with Gasteiger partial charge in [-0.15, -0.1) is 0 Å². The van der Waals surface area contributed by atoms with E-state index in [0.29, 0.717) is 0 Å². The third-order valence-electron chi connectivity index (χ3n) is 2.59. The maximum absolute atomic E-state index is 11.4. The molecule has 0 atom stereocenters. The van der Waals surface area contributed by atoms with Crippen LogP contribution in [-0.2, 0) is 10.1 Å². The van der Waals surface area contributed by atoms with Crippen LogP contribution in [0.3, 0.4) is 0 Å². The molecule has 0 radical (unpaired) electrons. The van der Waals surface area contributed by atoms with Crippen molar-refractivity contribution in [3.63, 3.8) is 0 Å². The van der Waals surface area contributed by atoms with Crippen molar-refractivity contribution >= 4 is 32.3 Å². The lowest BCUT2D eigenvalue weighted by molar-refractivity contribution is -0.424. The molecule has 10 heteroatoms. The highest BCUT2D eigenvalue weighted by Gasteiger charge is 2.36. The minimum absolute atomic E-state index is 0.0948. The van der Waals surface area contributed by atoms with Gasteiger partial charge in [0.15, 0.2) is 4.90 Å². The van der Waals surface area contributed by atoms with Crippen LogP contribution in [0.15, 0.2) is 35.2 Å². The van der Waals surface area contributed by atoms with Gasteiger partial charge in [-0.05, 0) is 5.39 Å². The van der Waals surface area contributed by atoms with Crippen molar-refractivity contribution in [2.24, 2.45) is 0 Å². The quantitative estimate of drug-likeness (QED) is 0.518. The summed E-state index contributed by atoms with van der Waals surface area (Å²) in [5.74, 6) is 0. The molecule has 1 N–H and O–H groups in total. The molecule has 2 aromatic rings. The van der Waals surface area contributed by atoms with E-state index in [1.165, 1.54) is 24.3 Å². The highest BCUT2D eigenvalue weighted by atomic mass is 32.2. The normalized spacial score (nSPS) is 11.4. The third-order valence-corrected chi connectivity index (χ3v) is 3.52. The zero-order valence-corrected chi connectivity index (χ0v) is 10.4. The highest BCUT2D eigenvalue weighted by Crippen LogP contribution is 2.39. The largest absolute Gasteiger partial charge is 0.367 e. The van der Waals surface area contributed by atoms with Gasteiger partial charge in [-0.3, -0.25) is 24.8 Å². The van der Waals surface area contributed by atoms with Crippen molar-refractivity contribution < 1.29 is 22.8 Å². The van der Waals surface area contributed by atoms with E-state index in [0.717, 1.165) is 6.07 Å². The SMILES string of the molecule is O=[N+]([O-])c1cc2ccccc2c(S(=O)(=O)O)c1[N+](=O)[O-]. The number of nitrogens with zero attached hydrogens (tertiary/aromatic N) is 2. The van der Waals surface area contributed by atoms with Gasteiger partial charge in [-0.25, -0.2) is 0 Å². The molecule has 104 valence electrons. The second kappa shape index (κ2) is 4.51. The van der Waals surface area contributed by atoms with Gasteiger partial charge in [0.25, 0.3) is 0 Å². The lowest BCUT2D eigenvalue weighted by Gasteiger charge is -2.05. The number of benzene rings is 2. The smallest absolute Gasteiger partial charge is 0.282 e. The van der Waals surface area contributed by atoms with Gasteiger partial charge in [0.2, 0.25) is 0 Å². The van der Waals surface area contributed by atoms with Gasteiger partial charge in [0, 0.05) is 11.5 Å². The summed E-state index contributed by atoms with van der Waals surface area (Å²) in [7, 11) is -5.01. The van der Waals surface area contributed by atoms with Crippen molar-refractivity contribution in [3.05, 3.63) is 50.6 Å². The van der Waals surface area contributed by atoms with Crippen LogP contribution >= 0.6 is 0 Å². The molecule has 0 spiro atoms. The zero-order valence-electron chi connectivity index (χ0n) is 9.59. The van der Waals surface area contributed by atoms with Crippen LogP contribution in [0, 0.1) is 20.2 Å². The molecule has 0 bridgehead atoms. The molecule has 20 heavy (non-hydrogen) atoms. The molecule has 2 rings (SSSR count). The Morgan fingerprint density at radius 2 is 1.65 bits per heavy atom. The Labute approximate surface area is 111 Å². The number of hydrogen-bond donors (Lipinski definition) is 1. The fourth-order valence-corrected chi connectivity index (χ4v) is 2.75. The lowest BCUT2D eigenvalue weighted by atomic mass is 10.1. The fraction of sp³-hybridized carbons (Fsp3) is 0. The molecule has 0 amide bonds. The van der Waals surface area contributed by atoms with Crippen LogP contribution in [0.25, 0.3) is 10.8 Å². The number of rotatable bonds is 3. The maximum Gasteiger partial charge on any atom is 0.367 e. The van der Waals surface area contributed by atoms with Crippen molar-refractivity contribution in [2.45, 2.75) is 4.90 Å². The summed E-state index contributed by atoms with van der Waals surface area (Å²) in [6, 6.07) is 6.33. The van der Waals surface area contributed by atoms with Crippen LogP contribution in [0.2, 0.25) is 0 Å². The Bertz CT molecular complexity index is 844.